The highest BCUT2D eigenvalue weighted by atomic mass is 16.5. The van der Waals surface area contributed by atoms with E-state index >= 15 is 0 Å². The number of hydrogen-bond donors (Lipinski definition) is 1. The fourth-order valence-corrected chi connectivity index (χ4v) is 3.32. The summed E-state index contributed by atoms with van der Waals surface area (Å²) in [7, 11) is 1.71. The zero-order valence-electron chi connectivity index (χ0n) is 12.1. The van der Waals surface area contributed by atoms with E-state index in [0.29, 0.717) is 0 Å². The van der Waals surface area contributed by atoms with Crippen molar-refractivity contribution in [2.24, 2.45) is 5.73 Å². The van der Waals surface area contributed by atoms with E-state index in [0.717, 1.165) is 30.6 Å². The van der Waals surface area contributed by atoms with Crippen LogP contribution < -0.4 is 10.5 Å². The van der Waals surface area contributed by atoms with Crippen LogP contribution in [0.1, 0.15) is 35.1 Å². The van der Waals surface area contributed by atoms with Gasteiger partial charge in [-0.05, 0) is 43.4 Å². The molecule has 0 spiro atoms. The van der Waals surface area contributed by atoms with Gasteiger partial charge in [-0.15, -0.1) is 0 Å². The Hall–Kier alpha value is -1.80. The normalized spacial score (nSPS) is 21.4. The summed E-state index contributed by atoms with van der Waals surface area (Å²) in [5, 5.41) is 0. The minimum absolute atomic E-state index is 0.438. The van der Waals surface area contributed by atoms with Gasteiger partial charge in [-0.2, -0.15) is 0 Å². The van der Waals surface area contributed by atoms with E-state index in [2.05, 4.69) is 43.3 Å². The molecule has 2 heteroatoms. The van der Waals surface area contributed by atoms with Crippen molar-refractivity contribution in [3.63, 3.8) is 0 Å². The first-order valence-electron chi connectivity index (χ1n) is 7.17. The number of rotatable bonds is 2. The van der Waals surface area contributed by atoms with E-state index < -0.39 is 5.54 Å². The maximum Gasteiger partial charge on any atom is 0.124 e. The second-order valence-corrected chi connectivity index (χ2v) is 5.69. The Bertz CT molecular complexity index is 635. The van der Waals surface area contributed by atoms with E-state index in [4.69, 9.17) is 10.5 Å². The third-order valence-electron chi connectivity index (χ3n) is 4.35. The molecular formula is C18H21NO. The van der Waals surface area contributed by atoms with Gasteiger partial charge in [0.2, 0.25) is 0 Å². The molecule has 1 aliphatic carbocycles. The highest BCUT2D eigenvalue weighted by Gasteiger charge is 2.36. The van der Waals surface area contributed by atoms with Gasteiger partial charge in [-0.3, -0.25) is 0 Å². The molecule has 2 aromatic rings. The number of hydrogen-bond acceptors (Lipinski definition) is 2. The van der Waals surface area contributed by atoms with E-state index in [1.165, 1.54) is 16.7 Å². The fourth-order valence-electron chi connectivity index (χ4n) is 3.32. The Morgan fingerprint density at radius 2 is 1.90 bits per heavy atom. The van der Waals surface area contributed by atoms with Crippen LogP contribution in [0.25, 0.3) is 0 Å². The lowest BCUT2D eigenvalue weighted by Gasteiger charge is -2.37. The number of methoxy groups -OCH3 is 1. The van der Waals surface area contributed by atoms with Gasteiger partial charge in [-0.1, -0.05) is 42.0 Å². The molecule has 1 aliphatic rings. The number of nitrogens with two attached hydrogens (primary N) is 1. The van der Waals surface area contributed by atoms with Crippen LogP contribution >= 0.6 is 0 Å². The average Bonchev–Trinajstić information content (AvgIpc) is 2.48. The van der Waals surface area contributed by atoms with Crippen molar-refractivity contribution in [3.8, 4) is 5.75 Å². The monoisotopic (exact) mass is 267 g/mol. The van der Waals surface area contributed by atoms with Crippen molar-refractivity contribution >= 4 is 0 Å². The summed E-state index contributed by atoms with van der Waals surface area (Å²) >= 11 is 0. The van der Waals surface area contributed by atoms with Gasteiger partial charge in [0.05, 0.1) is 12.6 Å². The Morgan fingerprint density at radius 1 is 1.10 bits per heavy atom. The molecule has 3 rings (SSSR count). The van der Waals surface area contributed by atoms with Crippen LogP contribution in [0.4, 0.5) is 0 Å². The first kappa shape index (κ1) is 13.2. The molecule has 2 N–H and O–H groups in total. The van der Waals surface area contributed by atoms with Crippen molar-refractivity contribution < 1.29 is 4.74 Å². The Labute approximate surface area is 120 Å². The smallest absolute Gasteiger partial charge is 0.124 e. The van der Waals surface area contributed by atoms with Gasteiger partial charge in [0.15, 0.2) is 0 Å². The van der Waals surface area contributed by atoms with Crippen molar-refractivity contribution in [2.75, 3.05) is 7.11 Å². The van der Waals surface area contributed by atoms with Crippen molar-refractivity contribution in [3.05, 3.63) is 64.7 Å². The topological polar surface area (TPSA) is 35.2 Å². The minimum atomic E-state index is -0.438. The van der Waals surface area contributed by atoms with Crippen LogP contribution in [0, 0.1) is 6.92 Å². The molecule has 0 heterocycles. The molecule has 0 saturated heterocycles. The fraction of sp³-hybridized carbons (Fsp3) is 0.333. The average molecular weight is 267 g/mol. The molecule has 0 saturated carbocycles. The summed E-state index contributed by atoms with van der Waals surface area (Å²) in [5.74, 6) is 0.884. The summed E-state index contributed by atoms with van der Waals surface area (Å²) in [6, 6.07) is 14.8. The van der Waals surface area contributed by atoms with Crippen molar-refractivity contribution in [1.82, 2.24) is 0 Å². The zero-order valence-corrected chi connectivity index (χ0v) is 12.1. The molecule has 0 radical (unpaired) electrons. The zero-order chi connectivity index (χ0) is 14.2. The molecular weight excluding hydrogens is 246 g/mol. The second-order valence-electron chi connectivity index (χ2n) is 5.69. The number of ether oxygens (including phenoxy) is 1. The van der Waals surface area contributed by atoms with Gasteiger partial charge in [-0.25, -0.2) is 0 Å². The summed E-state index contributed by atoms with van der Waals surface area (Å²) in [5.41, 5.74) is 11.4. The summed E-state index contributed by atoms with van der Waals surface area (Å²) < 4.78 is 5.55. The predicted molar refractivity (Wildman–Crippen MR) is 82.1 cm³/mol. The third-order valence-corrected chi connectivity index (χ3v) is 4.35. The molecule has 1 atom stereocenters. The lowest BCUT2D eigenvalue weighted by Crippen LogP contribution is -2.41. The Kier molecular flexibility index (Phi) is 3.27. The van der Waals surface area contributed by atoms with Gasteiger partial charge < -0.3 is 10.5 Å². The maximum absolute atomic E-state index is 6.86. The molecule has 2 aromatic carbocycles. The molecule has 1 unspecified atom stereocenters. The van der Waals surface area contributed by atoms with Gasteiger partial charge in [0, 0.05) is 5.56 Å². The van der Waals surface area contributed by atoms with Crippen LogP contribution in [-0.4, -0.2) is 7.11 Å². The first-order valence-corrected chi connectivity index (χ1v) is 7.17. The molecule has 0 aliphatic heterocycles. The van der Waals surface area contributed by atoms with Crippen LogP contribution in [0.5, 0.6) is 5.75 Å². The second kappa shape index (κ2) is 4.95. The van der Waals surface area contributed by atoms with Crippen LogP contribution in [0.15, 0.2) is 42.5 Å². The lowest BCUT2D eigenvalue weighted by atomic mass is 9.72. The Balaban J connectivity index is 2.21. The minimum Gasteiger partial charge on any atom is -0.496 e. The first-order chi connectivity index (χ1) is 9.65. The molecule has 20 heavy (non-hydrogen) atoms. The third kappa shape index (κ3) is 2.01. The number of benzene rings is 2. The summed E-state index contributed by atoms with van der Waals surface area (Å²) in [4.78, 5) is 0. The van der Waals surface area contributed by atoms with Gasteiger partial charge >= 0.3 is 0 Å². The maximum atomic E-state index is 6.86. The van der Waals surface area contributed by atoms with Gasteiger partial charge in [0.1, 0.15) is 5.75 Å². The number of aryl methyl sites for hydroxylation is 2. The molecule has 0 bridgehead atoms. The van der Waals surface area contributed by atoms with Crippen molar-refractivity contribution in [2.45, 2.75) is 31.7 Å². The molecule has 0 fully saturated rings. The van der Waals surface area contributed by atoms with Crippen LogP contribution in [0.2, 0.25) is 0 Å². The standard InChI is InChI=1S/C18H21NO/c1-13-9-10-17(20-2)16(12-13)18(19)11-5-7-14-6-3-4-8-15(14)18/h3-4,6,8-10,12H,5,7,11,19H2,1-2H3. The molecule has 2 nitrogen and oxygen atoms in total. The highest BCUT2D eigenvalue weighted by molar-refractivity contribution is 5.51. The molecule has 0 amide bonds. The highest BCUT2D eigenvalue weighted by Crippen LogP contribution is 2.42. The molecule has 0 aromatic heterocycles. The summed E-state index contributed by atoms with van der Waals surface area (Å²) in [6.07, 6.45) is 3.19. The van der Waals surface area contributed by atoms with E-state index in [1.807, 2.05) is 6.07 Å². The van der Waals surface area contributed by atoms with E-state index in [-0.39, 0.29) is 0 Å². The van der Waals surface area contributed by atoms with Crippen LogP contribution in [0.3, 0.4) is 0 Å². The number of fused-ring (bicyclic) bond motifs is 1. The van der Waals surface area contributed by atoms with E-state index in [9.17, 15) is 0 Å². The van der Waals surface area contributed by atoms with Crippen molar-refractivity contribution in [1.29, 1.82) is 0 Å². The quantitative estimate of drug-likeness (QED) is 0.903. The van der Waals surface area contributed by atoms with Crippen LogP contribution in [-0.2, 0) is 12.0 Å². The lowest BCUT2D eigenvalue weighted by molar-refractivity contribution is 0.378. The summed E-state index contributed by atoms with van der Waals surface area (Å²) in [6.45, 7) is 2.10. The molecule has 104 valence electrons. The van der Waals surface area contributed by atoms with Gasteiger partial charge in [0.25, 0.3) is 0 Å². The largest absolute Gasteiger partial charge is 0.496 e. The SMILES string of the molecule is COc1ccc(C)cc1C1(N)CCCc2ccccc21. The predicted octanol–water partition coefficient (Wildman–Crippen LogP) is 3.54. The van der Waals surface area contributed by atoms with E-state index in [1.54, 1.807) is 7.11 Å². The Morgan fingerprint density at radius 3 is 2.70 bits per heavy atom.